The van der Waals surface area contributed by atoms with Gasteiger partial charge >= 0.3 is 6.18 Å². The monoisotopic (exact) mass is 489 g/mol. The minimum Gasteiger partial charge on any atom is -0.508 e. The van der Waals surface area contributed by atoms with E-state index in [-0.39, 0.29) is 31.2 Å². The van der Waals surface area contributed by atoms with Crippen LogP contribution in [0.2, 0.25) is 0 Å². The number of halogens is 3. The van der Waals surface area contributed by atoms with E-state index < -0.39 is 29.4 Å². The van der Waals surface area contributed by atoms with Crippen molar-refractivity contribution in [2.45, 2.75) is 18.6 Å². The van der Waals surface area contributed by atoms with Gasteiger partial charge in [-0.1, -0.05) is 0 Å². The molecule has 1 aliphatic rings. The summed E-state index contributed by atoms with van der Waals surface area (Å²) in [4.78, 5) is 28.7. The van der Waals surface area contributed by atoms with E-state index in [1.54, 1.807) is 20.2 Å². The first kappa shape index (κ1) is 24.6. The smallest absolute Gasteiger partial charge is 0.416 e. The molecule has 186 valence electrons. The molecule has 4 rings (SSSR count). The van der Waals surface area contributed by atoms with Crippen molar-refractivity contribution in [3.63, 3.8) is 0 Å². The highest BCUT2D eigenvalue weighted by molar-refractivity contribution is 5.99. The predicted molar refractivity (Wildman–Crippen MR) is 123 cm³/mol. The SMILES string of the molecule is CN(C)C(=O)c1ccc2c(c1)c(C[C@H]1COCCN1C(=O)c1cc(O)cc(C(F)(F)F)c1)cn2C. The second-order valence-electron chi connectivity index (χ2n) is 8.89. The van der Waals surface area contributed by atoms with Crippen molar-refractivity contribution in [2.75, 3.05) is 33.9 Å². The number of aromatic nitrogens is 1. The minimum absolute atomic E-state index is 0.135. The molecule has 2 aromatic carbocycles. The Labute approximate surface area is 200 Å². The topological polar surface area (TPSA) is 75.0 Å². The number of amides is 2. The summed E-state index contributed by atoms with van der Waals surface area (Å²) < 4.78 is 47.2. The fraction of sp³-hybridized carbons (Fsp3) is 0.360. The number of morpholine rings is 1. The maximum atomic E-state index is 13.3. The molecule has 2 heterocycles. The Kier molecular flexibility index (Phi) is 6.50. The van der Waals surface area contributed by atoms with E-state index >= 15 is 0 Å². The van der Waals surface area contributed by atoms with E-state index in [1.165, 1.54) is 9.80 Å². The Morgan fingerprint density at radius 2 is 1.89 bits per heavy atom. The van der Waals surface area contributed by atoms with Crippen molar-refractivity contribution in [1.82, 2.24) is 14.4 Å². The van der Waals surface area contributed by atoms with Crippen molar-refractivity contribution in [3.8, 4) is 5.75 Å². The van der Waals surface area contributed by atoms with Gasteiger partial charge in [-0.05, 0) is 48.4 Å². The molecule has 1 saturated heterocycles. The Morgan fingerprint density at radius 3 is 2.57 bits per heavy atom. The van der Waals surface area contributed by atoms with Crippen molar-refractivity contribution in [2.24, 2.45) is 7.05 Å². The first-order valence-electron chi connectivity index (χ1n) is 11.1. The van der Waals surface area contributed by atoms with Gasteiger partial charge in [0.1, 0.15) is 5.75 Å². The van der Waals surface area contributed by atoms with Crippen LogP contribution in [0.4, 0.5) is 13.2 Å². The fourth-order valence-electron chi connectivity index (χ4n) is 4.44. The zero-order chi connectivity index (χ0) is 25.5. The number of phenolic OH excluding ortho intramolecular Hbond substituents is 1. The molecule has 2 amide bonds. The molecule has 0 unspecified atom stereocenters. The molecule has 1 fully saturated rings. The van der Waals surface area contributed by atoms with E-state index in [0.29, 0.717) is 18.1 Å². The van der Waals surface area contributed by atoms with Gasteiger partial charge in [-0.15, -0.1) is 0 Å². The molecule has 10 heteroatoms. The lowest BCUT2D eigenvalue weighted by Gasteiger charge is -2.36. The van der Waals surface area contributed by atoms with Crippen LogP contribution in [-0.4, -0.2) is 71.2 Å². The lowest BCUT2D eigenvalue weighted by molar-refractivity contribution is -0.137. The number of nitrogens with zero attached hydrogens (tertiary/aromatic N) is 3. The molecular formula is C25H26F3N3O4. The van der Waals surface area contributed by atoms with Crippen LogP contribution in [0, 0.1) is 0 Å². The van der Waals surface area contributed by atoms with Gasteiger partial charge in [0, 0.05) is 55.9 Å². The zero-order valence-corrected chi connectivity index (χ0v) is 19.6. The average molecular weight is 489 g/mol. The number of ether oxygens (including phenoxy) is 1. The molecule has 1 atom stereocenters. The molecule has 0 radical (unpaired) electrons. The highest BCUT2D eigenvalue weighted by Crippen LogP contribution is 2.33. The third kappa shape index (κ3) is 4.97. The first-order chi connectivity index (χ1) is 16.5. The quantitative estimate of drug-likeness (QED) is 0.607. The summed E-state index contributed by atoms with van der Waals surface area (Å²) in [5.41, 5.74) is 1.00. The van der Waals surface area contributed by atoms with E-state index in [9.17, 15) is 27.9 Å². The van der Waals surface area contributed by atoms with Crippen molar-refractivity contribution < 1.29 is 32.6 Å². The van der Waals surface area contributed by atoms with Crippen LogP contribution >= 0.6 is 0 Å². The molecule has 35 heavy (non-hydrogen) atoms. The third-order valence-electron chi connectivity index (χ3n) is 6.16. The summed E-state index contributed by atoms with van der Waals surface area (Å²) in [7, 11) is 5.23. The number of fused-ring (bicyclic) bond motifs is 1. The number of carbonyl (C=O) groups is 2. The molecule has 0 saturated carbocycles. The van der Waals surface area contributed by atoms with Crippen LogP contribution in [0.1, 0.15) is 31.8 Å². The van der Waals surface area contributed by atoms with Crippen molar-refractivity contribution in [3.05, 3.63) is 64.8 Å². The molecular weight excluding hydrogens is 463 g/mol. The van der Waals surface area contributed by atoms with Crippen LogP contribution in [0.15, 0.2) is 42.6 Å². The maximum absolute atomic E-state index is 13.3. The molecule has 1 N–H and O–H groups in total. The number of carbonyl (C=O) groups excluding carboxylic acids is 2. The molecule has 1 aliphatic heterocycles. The standard InChI is InChI=1S/C25H26F3N3O4/c1-29(2)23(33)15-4-5-22-21(11-15)17(13-30(22)3)9-19-14-35-7-6-31(19)24(34)16-8-18(25(26,27)28)12-20(32)10-16/h4-5,8,10-13,19,32H,6-7,9,14H2,1-3H3/t19-/m0/s1. The number of aryl methyl sites for hydroxylation is 1. The zero-order valence-electron chi connectivity index (χ0n) is 19.6. The number of aromatic hydroxyl groups is 1. The molecule has 0 spiro atoms. The average Bonchev–Trinajstić information content (AvgIpc) is 3.12. The lowest BCUT2D eigenvalue weighted by atomic mass is 10.0. The number of benzene rings is 2. The lowest BCUT2D eigenvalue weighted by Crippen LogP contribution is -2.49. The first-order valence-corrected chi connectivity index (χ1v) is 11.1. The summed E-state index contributed by atoms with van der Waals surface area (Å²) >= 11 is 0. The number of alkyl halides is 3. The molecule has 1 aromatic heterocycles. The molecule has 3 aromatic rings. The summed E-state index contributed by atoms with van der Waals surface area (Å²) in [5, 5.41) is 10.7. The molecule has 0 aliphatic carbocycles. The van der Waals surface area contributed by atoms with E-state index in [0.717, 1.165) is 28.6 Å². The summed E-state index contributed by atoms with van der Waals surface area (Å²) in [6, 6.07) is 7.39. The van der Waals surface area contributed by atoms with Crippen LogP contribution in [-0.2, 0) is 24.4 Å². The van der Waals surface area contributed by atoms with E-state index in [4.69, 9.17) is 4.74 Å². The predicted octanol–water partition coefficient (Wildman–Crippen LogP) is 3.69. The maximum Gasteiger partial charge on any atom is 0.416 e. The van der Waals surface area contributed by atoms with Gasteiger partial charge in [0.15, 0.2) is 0 Å². The largest absolute Gasteiger partial charge is 0.508 e. The second kappa shape index (κ2) is 9.26. The Balaban J connectivity index is 1.66. The van der Waals surface area contributed by atoms with Gasteiger partial charge in [-0.25, -0.2) is 0 Å². The Bertz CT molecular complexity index is 1280. The van der Waals surface area contributed by atoms with Crippen LogP contribution in [0.3, 0.4) is 0 Å². The summed E-state index contributed by atoms with van der Waals surface area (Å²) in [6.07, 6.45) is -2.39. The fourth-order valence-corrected chi connectivity index (χ4v) is 4.44. The Morgan fingerprint density at radius 1 is 1.14 bits per heavy atom. The van der Waals surface area contributed by atoms with Crippen molar-refractivity contribution in [1.29, 1.82) is 0 Å². The summed E-state index contributed by atoms with van der Waals surface area (Å²) in [6.45, 7) is 0.670. The van der Waals surface area contributed by atoms with Gasteiger partial charge in [0.05, 0.1) is 24.8 Å². The van der Waals surface area contributed by atoms with Crippen molar-refractivity contribution >= 4 is 22.7 Å². The van der Waals surface area contributed by atoms with Gasteiger partial charge in [0.2, 0.25) is 0 Å². The number of phenols is 1. The van der Waals surface area contributed by atoms with Crippen LogP contribution in [0.5, 0.6) is 5.75 Å². The minimum atomic E-state index is -4.69. The van der Waals surface area contributed by atoms with Gasteiger partial charge in [-0.3, -0.25) is 9.59 Å². The molecule has 0 bridgehead atoms. The third-order valence-corrected chi connectivity index (χ3v) is 6.16. The van der Waals surface area contributed by atoms with Crippen LogP contribution < -0.4 is 0 Å². The summed E-state index contributed by atoms with van der Waals surface area (Å²) in [5.74, 6) is -1.37. The number of hydrogen-bond acceptors (Lipinski definition) is 4. The van der Waals surface area contributed by atoms with E-state index in [2.05, 4.69) is 0 Å². The number of hydrogen-bond donors (Lipinski definition) is 1. The Hall–Kier alpha value is -3.53. The van der Waals surface area contributed by atoms with Gasteiger partial charge in [0.25, 0.3) is 11.8 Å². The second-order valence-corrected chi connectivity index (χ2v) is 8.89. The normalized spacial score (nSPS) is 16.5. The number of rotatable bonds is 4. The van der Waals surface area contributed by atoms with Crippen LogP contribution in [0.25, 0.3) is 10.9 Å². The molecule has 7 nitrogen and oxygen atoms in total. The van der Waals surface area contributed by atoms with Gasteiger partial charge < -0.3 is 24.2 Å². The van der Waals surface area contributed by atoms with E-state index in [1.807, 2.05) is 29.9 Å². The highest BCUT2D eigenvalue weighted by Gasteiger charge is 2.34. The highest BCUT2D eigenvalue weighted by atomic mass is 19.4. The van der Waals surface area contributed by atoms with Gasteiger partial charge in [-0.2, -0.15) is 13.2 Å².